The molecule has 1 heterocycles. The van der Waals surface area contributed by atoms with Crippen LogP contribution in [0.5, 0.6) is 0 Å². The average Bonchev–Trinajstić information content (AvgIpc) is 2.48. The Morgan fingerprint density at radius 3 is 2.93 bits per heavy atom. The molecule has 0 saturated heterocycles. The van der Waals surface area contributed by atoms with Gasteiger partial charge in [-0.25, -0.2) is 9.37 Å². The first-order valence-corrected chi connectivity index (χ1v) is 4.56. The number of hydrogen-bond acceptors (Lipinski definition) is 2. The van der Waals surface area contributed by atoms with Crippen molar-refractivity contribution >= 4 is 22.6 Å². The molecule has 0 aliphatic heterocycles. The molecule has 1 aromatic carbocycles. The third kappa shape index (κ3) is 1.47. The maximum absolute atomic E-state index is 13.0. The van der Waals surface area contributed by atoms with Crippen LogP contribution in [-0.4, -0.2) is 9.97 Å². The lowest BCUT2D eigenvalue weighted by molar-refractivity contribution is 0.630. The Balaban J connectivity index is 2.66. The van der Waals surface area contributed by atoms with Crippen molar-refractivity contribution in [3.8, 4) is 0 Å². The van der Waals surface area contributed by atoms with E-state index in [1.165, 1.54) is 12.1 Å². The summed E-state index contributed by atoms with van der Waals surface area (Å²) in [7, 11) is 0. The van der Waals surface area contributed by atoms with Gasteiger partial charge >= 0.3 is 0 Å². The van der Waals surface area contributed by atoms with Crippen molar-refractivity contribution in [3.63, 3.8) is 0 Å². The summed E-state index contributed by atoms with van der Waals surface area (Å²) in [5.74, 6) is 0.167. The fourth-order valence-electron chi connectivity index (χ4n) is 1.24. The highest BCUT2D eigenvalue weighted by molar-refractivity contribution is 6.31. The molecule has 5 heteroatoms. The maximum atomic E-state index is 13.0. The fraction of sp³-hybridized carbons (Fsp3) is 0.222. The van der Waals surface area contributed by atoms with Crippen molar-refractivity contribution in [1.82, 2.24) is 9.97 Å². The predicted octanol–water partition coefficient (Wildman–Crippen LogP) is 2.38. The zero-order valence-electron chi connectivity index (χ0n) is 7.51. The number of imidazole rings is 1. The second-order valence-corrected chi connectivity index (χ2v) is 3.60. The minimum absolute atomic E-state index is 0.0697. The van der Waals surface area contributed by atoms with Gasteiger partial charge in [-0.3, -0.25) is 0 Å². The van der Waals surface area contributed by atoms with E-state index < -0.39 is 5.82 Å². The Hall–Kier alpha value is -1.13. The first kappa shape index (κ1) is 9.43. The molecule has 0 saturated carbocycles. The number of nitrogens with two attached hydrogens (primary N) is 1. The highest BCUT2D eigenvalue weighted by Gasteiger charge is 2.09. The summed E-state index contributed by atoms with van der Waals surface area (Å²) in [6, 6.07) is 2.59. The van der Waals surface area contributed by atoms with Gasteiger partial charge in [0.25, 0.3) is 0 Å². The van der Waals surface area contributed by atoms with Gasteiger partial charge in [-0.15, -0.1) is 0 Å². The Labute approximate surface area is 85.1 Å². The molecule has 14 heavy (non-hydrogen) atoms. The number of halogens is 2. The van der Waals surface area contributed by atoms with E-state index in [1.54, 1.807) is 6.92 Å². The van der Waals surface area contributed by atoms with Crippen molar-refractivity contribution in [3.05, 3.63) is 28.8 Å². The molecule has 0 fully saturated rings. The van der Waals surface area contributed by atoms with Gasteiger partial charge in [0.2, 0.25) is 0 Å². The van der Waals surface area contributed by atoms with Crippen molar-refractivity contribution < 1.29 is 4.39 Å². The third-order valence-electron chi connectivity index (χ3n) is 1.97. The number of H-pyrrole nitrogens is 1. The summed E-state index contributed by atoms with van der Waals surface area (Å²) >= 11 is 5.62. The molecule has 3 N–H and O–H groups in total. The summed E-state index contributed by atoms with van der Waals surface area (Å²) in [5, 5.41) is 0.0697. The number of nitrogens with one attached hydrogen (secondary N) is 1. The first-order valence-electron chi connectivity index (χ1n) is 4.18. The van der Waals surface area contributed by atoms with E-state index in [0.29, 0.717) is 16.9 Å². The number of aromatic nitrogens is 2. The standard InChI is InChI=1S/C9H9ClFN3/c1-4(12)9-13-7-2-5(10)6(11)3-8(7)14-9/h2-4H,12H2,1H3,(H,13,14)/t4-/m0/s1. The maximum Gasteiger partial charge on any atom is 0.144 e. The summed E-state index contributed by atoms with van der Waals surface area (Å²) < 4.78 is 13.0. The molecular weight excluding hydrogens is 205 g/mol. The molecule has 0 radical (unpaired) electrons. The lowest BCUT2D eigenvalue weighted by Crippen LogP contribution is -2.06. The fourth-order valence-corrected chi connectivity index (χ4v) is 1.40. The van der Waals surface area contributed by atoms with E-state index in [2.05, 4.69) is 9.97 Å². The minimum atomic E-state index is -0.459. The van der Waals surface area contributed by atoms with Crippen molar-refractivity contribution in [2.75, 3.05) is 0 Å². The Kier molecular flexibility index (Phi) is 2.17. The smallest absolute Gasteiger partial charge is 0.144 e. The Morgan fingerprint density at radius 1 is 1.57 bits per heavy atom. The van der Waals surface area contributed by atoms with Gasteiger partial charge in [-0.05, 0) is 13.0 Å². The molecule has 0 bridgehead atoms. The van der Waals surface area contributed by atoms with Crippen LogP contribution in [0.1, 0.15) is 18.8 Å². The number of rotatable bonds is 1. The highest BCUT2D eigenvalue weighted by Crippen LogP contribution is 2.22. The van der Waals surface area contributed by atoms with E-state index in [4.69, 9.17) is 17.3 Å². The van der Waals surface area contributed by atoms with Crippen molar-refractivity contribution in [1.29, 1.82) is 0 Å². The zero-order valence-corrected chi connectivity index (χ0v) is 8.27. The van der Waals surface area contributed by atoms with E-state index >= 15 is 0 Å². The van der Waals surface area contributed by atoms with Crippen molar-refractivity contribution in [2.24, 2.45) is 5.73 Å². The molecule has 0 aliphatic rings. The zero-order chi connectivity index (χ0) is 10.3. The highest BCUT2D eigenvalue weighted by atomic mass is 35.5. The number of hydrogen-bond donors (Lipinski definition) is 2. The second kappa shape index (κ2) is 3.22. The lowest BCUT2D eigenvalue weighted by Gasteiger charge is -1.96. The molecule has 0 aliphatic carbocycles. The van der Waals surface area contributed by atoms with Crippen molar-refractivity contribution in [2.45, 2.75) is 13.0 Å². The summed E-state index contributed by atoms with van der Waals surface area (Å²) in [5.41, 5.74) is 6.87. The molecule has 0 amide bonds. The van der Waals surface area contributed by atoms with Gasteiger partial charge in [0.05, 0.1) is 22.1 Å². The lowest BCUT2D eigenvalue weighted by atomic mass is 10.3. The number of benzene rings is 1. The molecule has 2 rings (SSSR count). The largest absolute Gasteiger partial charge is 0.341 e. The predicted molar refractivity (Wildman–Crippen MR) is 53.7 cm³/mol. The number of nitrogens with zero attached hydrogens (tertiary/aromatic N) is 1. The molecule has 0 unspecified atom stereocenters. The topological polar surface area (TPSA) is 54.7 Å². The van der Waals surface area contributed by atoms with Crippen LogP contribution in [0, 0.1) is 5.82 Å². The monoisotopic (exact) mass is 213 g/mol. The van der Waals surface area contributed by atoms with Crippen LogP contribution in [0.2, 0.25) is 5.02 Å². The third-order valence-corrected chi connectivity index (χ3v) is 2.26. The normalized spacial score (nSPS) is 13.4. The second-order valence-electron chi connectivity index (χ2n) is 3.19. The Morgan fingerprint density at radius 2 is 2.29 bits per heavy atom. The molecular formula is C9H9ClFN3. The quantitative estimate of drug-likeness (QED) is 0.764. The summed E-state index contributed by atoms with van der Waals surface area (Å²) in [4.78, 5) is 7.11. The molecule has 3 nitrogen and oxygen atoms in total. The van der Waals surface area contributed by atoms with Crippen LogP contribution in [-0.2, 0) is 0 Å². The van der Waals surface area contributed by atoms with Crippen LogP contribution < -0.4 is 5.73 Å². The van der Waals surface area contributed by atoms with E-state index in [0.717, 1.165) is 0 Å². The Bertz CT molecular complexity index is 439. The van der Waals surface area contributed by atoms with Gasteiger partial charge in [0, 0.05) is 6.07 Å². The van der Waals surface area contributed by atoms with Crippen LogP contribution in [0.15, 0.2) is 12.1 Å². The van der Waals surface area contributed by atoms with Gasteiger partial charge in [-0.1, -0.05) is 11.6 Å². The van der Waals surface area contributed by atoms with Crippen LogP contribution in [0.3, 0.4) is 0 Å². The number of aromatic amines is 1. The summed E-state index contributed by atoms with van der Waals surface area (Å²) in [6.07, 6.45) is 0. The van der Waals surface area contributed by atoms with E-state index in [1.807, 2.05) is 0 Å². The van der Waals surface area contributed by atoms with Gasteiger partial charge in [0.15, 0.2) is 0 Å². The van der Waals surface area contributed by atoms with Crippen LogP contribution in [0.4, 0.5) is 4.39 Å². The molecule has 0 spiro atoms. The number of fused-ring (bicyclic) bond motifs is 1. The van der Waals surface area contributed by atoms with Gasteiger partial charge in [-0.2, -0.15) is 0 Å². The van der Waals surface area contributed by atoms with Crippen LogP contribution >= 0.6 is 11.6 Å². The molecule has 1 atom stereocenters. The SMILES string of the molecule is C[C@H](N)c1nc2cc(Cl)c(F)cc2[nH]1. The van der Waals surface area contributed by atoms with E-state index in [9.17, 15) is 4.39 Å². The first-order chi connectivity index (χ1) is 6.58. The van der Waals surface area contributed by atoms with Crippen LogP contribution in [0.25, 0.3) is 11.0 Å². The van der Waals surface area contributed by atoms with Gasteiger partial charge in [0.1, 0.15) is 11.6 Å². The summed E-state index contributed by atoms with van der Waals surface area (Å²) in [6.45, 7) is 1.80. The van der Waals surface area contributed by atoms with E-state index in [-0.39, 0.29) is 11.1 Å². The molecule has 2 aromatic rings. The molecule has 74 valence electrons. The minimum Gasteiger partial charge on any atom is -0.341 e. The molecule has 1 aromatic heterocycles. The van der Waals surface area contributed by atoms with Gasteiger partial charge < -0.3 is 10.7 Å². The average molecular weight is 214 g/mol.